The second-order valence-corrected chi connectivity index (χ2v) is 4.83. The molecule has 3 aromatic carbocycles. The minimum absolute atomic E-state index is 0.481. The van der Waals surface area contributed by atoms with Gasteiger partial charge in [0.25, 0.3) is 0 Å². The second kappa shape index (κ2) is 3.80. The van der Waals surface area contributed by atoms with Crippen LogP contribution in [-0.2, 0) is 6.54 Å². The summed E-state index contributed by atoms with van der Waals surface area (Å²) in [5.41, 5.74) is 2.02. The van der Waals surface area contributed by atoms with Gasteiger partial charge in [-0.1, -0.05) is 30.3 Å². The van der Waals surface area contributed by atoms with E-state index in [1.54, 1.807) is 0 Å². The van der Waals surface area contributed by atoms with Crippen molar-refractivity contribution in [3.05, 3.63) is 54.1 Å². The van der Waals surface area contributed by atoms with Crippen LogP contribution in [0.3, 0.4) is 0 Å². The first-order valence-electron chi connectivity index (χ1n) is 6.25. The van der Waals surface area contributed by atoms with E-state index in [4.69, 9.17) is 0 Å². The summed E-state index contributed by atoms with van der Waals surface area (Å²) in [5.74, 6) is 0. The molecular weight excluding hydrogens is 236 g/mol. The van der Waals surface area contributed by atoms with Crippen molar-refractivity contribution in [2.45, 2.75) is 6.54 Å². The molecule has 0 aliphatic carbocycles. The van der Waals surface area contributed by atoms with Crippen LogP contribution in [0.25, 0.3) is 21.5 Å². The summed E-state index contributed by atoms with van der Waals surface area (Å²) in [5, 5.41) is 15.5. The number of aliphatic imine (C=N–C) groups is 1. The highest BCUT2D eigenvalue weighted by atomic mass is 16.5. The summed E-state index contributed by atoms with van der Waals surface area (Å²) >= 11 is 0. The van der Waals surface area contributed by atoms with E-state index >= 15 is 0 Å². The van der Waals surface area contributed by atoms with E-state index < -0.39 is 0 Å². The topological polar surface area (TPSA) is 35.8 Å². The molecule has 0 fully saturated rings. The zero-order chi connectivity index (χ0) is 12.8. The third-order valence-corrected chi connectivity index (χ3v) is 3.62. The Kier molecular flexibility index (Phi) is 2.11. The molecule has 0 spiro atoms. The zero-order valence-electron chi connectivity index (χ0n) is 10.2. The molecule has 0 bridgehead atoms. The highest BCUT2D eigenvalue weighted by molar-refractivity contribution is 6.01. The predicted octanol–water partition coefficient (Wildman–Crippen LogP) is 3.86. The summed E-state index contributed by atoms with van der Waals surface area (Å²) in [4.78, 5) is 4.26. The molecule has 4 rings (SSSR count). The van der Waals surface area contributed by atoms with E-state index in [1.807, 2.05) is 18.2 Å². The van der Waals surface area contributed by atoms with Crippen molar-refractivity contribution in [1.29, 1.82) is 0 Å². The first kappa shape index (κ1) is 10.5. The predicted molar refractivity (Wildman–Crippen MR) is 76.9 cm³/mol. The Labute approximate surface area is 110 Å². The molecule has 1 N–H and O–H groups in total. The Morgan fingerprint density at radius 2 is 1.74 bits per heavy atom. The van der Waals surface area contributed by atoms with Gasteiger partial charge in [0.15, 0.2) is 0 Å². The van der Waals surface area contributed by atoms with Gasteiger partial charge in [-0.3, -0.25) is 5.21 Å². The van der Waals surface area contributed by atoms with Crippen LogP contribution in [-0.4, -0.2) is 16.6 Å². The molecule has 0 amide bonds. The lowest BCUT2D eigenvalue weighted by Gasteiger charge is -2.19. The van der Waals surface area contributed by atoms with Gasteiger partial charge in [-0.2, -0.15) is 0 Å². The molecule has 3 nitrogen and oxygen atoms in total. The van der Waals surface area contributed by atoms with Crippen molar-refractivity contribution in [2.75, 3.05) is 0 Å². The third kappa shape index (κ3) is 1.59. The van der Waals surface area contributed by atoms with Gasteiger partial charge in [0.1, 0.15) is 6.34 Å². The largest absolute Gasteiger partial charge is 0.287 e. The molecule has 0 aromatic heterocycles. The Morgan fingerprint density at radius 1 is 0.947 bits per heavy atom. The molecular formula is C16H12N2O. The Bertz CT molecular complexity index is 823. The van der Waals surface area contributed by atoms with E-state index in [1.165, 1.54) is 22.5 Å². The molecule has 1 aliphatic rings. The fraction of sp³-hybridized carbons (Fsp3) is 0.0625. The van der Waals surface area contributed by atoms with E-state index in [0.717, 1.165) is 21.7 Å². The average molecular weight is 248 g/mol. The molecule has 1 aliphatic heterocycles. The fourth-order valence-electron chi connectivity index (χ4n) is 2.68. The maximum absolute atomic E-state index is 9.61. The molecule has 19 heavy (non-hydrogen) atoms. The first-order chi connectivity index (χ1) is 9.31. The summed E-state index contributed by atoms with van der Waals surface area (Å²) in [6.07, 6.45) is 1.45. The van der Waals surface area contributed by atoms with Gasteiger partial charge >= 0.3 is 0 Å². The van der Waals surface area contributed by atoms with Crippen molar-refractivity contribution < 1.29 is 5.21 Å². The quantitative estimate of drug-likeness (QED) is 0.613. The van der Waals surface area contributed by atoms with Crippen LogP contribution in [0.4, 0.5) is 5.69 Å². The van der Waals surface area contributed by atoms with Crippen LogP contribution >= 0.6 is 0 Å². The fourth-order valence-corrected chi connectivity index (χ4v) is 2.68. The van der Waals surface area contributed by atoms with Gasteiger partial charge in [-0.05, 0) is 39.7 Å². The number of hydrogen-bond acceptors (Lipinski definition) is 3. The molecule has 0 radical (unpaired) electrons. The number of nitrogens with zero attached hydrogens (tertiary/aromatic N) is 2. The van der Waals surface area contributed by atoms with Crippen molar-refractivity contribution >= 4 is 33.6 Å². The molecule has 3 aromatic rings. The van der Waals surface area contributed by atoms with E-state index in [0.29, 0.717) is 6.54 Å². The molecule has 0 atom stereocenters. The van der Waals surface area contributed by atoms with Gasteiger partial charge < -0.3 is 0 Å². The molecule has 0 saturated carbocycles. The van der Waals surface area contributed by atoms with Crippen LogP contribution in [0.5, 0.6) is 0 Å². The van der Waals surface area contributed by atoms with E-state index in [2.05, 4.69) is 35.3 Å². The van der Waals surface area contributed by atoms with Crippen LogP contribution in [0.2, 0.25) is 0 Å². The number of rotatable bonds is 0. The standard InChI is InChI=1S/C16H12N2O/c19-18-9-15-14-8-12-4-2-1-3-11(12)7-13(14)5-6-16(15)17-10-18/h1-8,10,19H,9H2. The highest BCUT2D eigenvalue weighted by Gasteiger charge is 2.13. The Hall–Kier alpha value is -2.39. The van der Waals surface area contributed by atoms with Crippen molar-refractivity contribution in [2.24, 2.45) is 4.99 Å². The van der Waals surface area contributed by atoms with E-state index in [-0.39, 0.29) is 0 Å². The monoisotopic (exact) mass is 248 g/mol. The minimum Gasteiger partial charge on any atom is -0.287 e. The van der Waals surface area contributed by atoms with Crippen LogP contribution in [0, 0.1) is 0 Å². The lowest BCUT2D eigenvalue weighted by molar-refractivity contribution is -0.0174. The van der Waals surface area contributed by atoms with E-state index in [9.17, 15) is 5.21 Å². The van der Waals surface area contributed by atoms with Gasteiger partial charge in [-0.25, -0.2) is 10.1 Å². The van der Waals surface area contributed by atoms with Crippen LogP contribution in [0.15, 0.2) is 53.5 Å². The molecule has 3 heteroatoms. The number of hydrogen-bond donors (Lipinski definition) is 1. The Morgan fingerprint density at radius 3 is 2.58 bits per heavy atom. The minimum atomic E-state index is 0.481. The summed E-state index contributed by atoms with van der Waals surface area (Å²) in [7, 11) is 0. The zero-order valence-corrected chi connectivity index (χ0v) is 10.2. The van der Waals surface area contributed by atoms with Crippen LogP contribution in [0.1, 0.15) is 5.56 Å². The maximum Gasteiger partial charge on any atom is 0.116 e. The molecule has 92 valence electrons. The first-order valence-corrected chi connectivity index (χ1v) is 6.25. The lowest BCUT2D eigenvalue weighted by Crippen LogP contribution is -2.19. The maximum atomic E-state index is 9.61. The van der Waals surface area contributed by atoms with Crippen LogP contribution < -0.4 is 0 Å². The summed E-state index contributed by atoms with van der Waals surface area (Å²) in [6.45, 7) is 0.481. The lowest BCUT2D eigenvalue weighted by atomic mass is 9.98. The normalized spacial score (nSPS) is 14.1. The number of fused-ring (bicyclic) bond motifs is 4. The second-order valence-electron chi connectivity index (χ2n) is 4.83. The molecule has 1 heterocycles. The SMILES string of the molecule is ON1C=Nc2ccc3cc4ccccc4cc3c2C1. The van der Waals surface area contributed by atoms with Crippen molar-refractivity contribution in [3.8, 4) is 0 Å². The third-order valence-electron chi connectivity index (χ3n) is 3.62. The summed E-state index contributed by atoms with van der Waals surface area (Å²) in [6, 6.07) is 16.8. The van der Waals surface area contributed by atoms with Gasteiger partial charge in [0.05, 0.1) is 12.2 Å². The summed E-state index contributed by atoms with van der Waals surface area (Å²) < 4.78 is 0. The number of hydroxylamine groups is 2. The van der Waals surface area contributed by atoms with Gasteiger partial charge in [-0.15, -0.1) is 0 Å². The van der Waals surface area contributed by atoms with Gasteiger partial charge in [0, 0.05) is 5.56 Å². The average Bonchev–Trinajstić information content (AvgIpc) is 2.45. The molecule has 0 unspecified atom stereocenters. The smallest absolute Gasteiger partial charge is 0.116 e. The Balaban J connectivity index is 2.10. The molecule has 0 saturated heterocycles. The van der Waals surface area contributed by atoms with Crippen molar-refractivity contribution in [1.82, 2.24) is 5.06 Å². The highest BCUT2D eigenvalue weighted by Crippen LogP contribution is 2.33. The number of benzene rings is 3. The van der Waals surface area contributed by atoms with Crippen molar-refractivity contribution in [3.63, 3.8) is 0 Å². The van der Waals surface area contributed by atoms with Gasteiger partial charge in [0.2, 0.25) is 0 Å².